The van der Waals surface area contributed by atoms with E-state index in [0.717, 1.165) is 5.75 Å². The lowest BCUT2D eigenvalue weighted by atomic mass is 10.1. The van der Waals surface area contributed by atoms with Crippen molar-refractivity contribution in [3.8, 4) is 5.75 Å². The second-order valence-electron chi connectivity index (χ2n) is 8.26. The van der Waals surface area contributed by atoms with Crippen molar-refractivity contribution in [3.05, 3.63) is 90.0 Å². The Bertz CT molecular complexity index is 1240. The maximum absolute atomic E-state index is 12.8. The van der Waals surface area contributed by atoms with Gasteiger partial charge < -0.3 is 19.7 Å². The maximum atomic E-state index is 12.8. The second-order valence-corrected chi connectivity index (χ2v) is 8.26. The minimum Gasteiger partial charge on any atom is -0.494 e. The number of nitrogens with one attached hydrogen (secondary N) is 1. The van der Waals surface area contributed by atoms with Gasteiger partial charge in [-0.15, -0.1) is 0 Å². The molecule has 1 aliphatic heterocycles. The third kappa shape index (κ3) is 5.96. The van der Waals surface area contributed by atoms with Gasteiger partial charge in [0.15, 0.2) is 12.4 Å². The van der Waals surface area contributed by atoms with Crippen LogP contribution < -0.4 is 15.0 Å². The van der Waals surface area contributed by atoms with Crippen molar-refractivity contribution in [2.75, 3.05) is 30.0 Å². The number of carbonyl (C=O) groups is 4. The first-order chi connectivity index (χ1) is 17.4. The molecule has 1 N–H and O–H groups in total. The molecule has 4 rings (SSSR count). The molecule has 1 aliphatic rings. The van der Waals surface area contributed by atoms with Crippen molar-refractivity contribution < 1.29 is 28.7 Å². The first-order valence-electron chi connectivity index (χ1n) is 11.6. The largest absolute Gasteiger partial charge is 0.494 e. The van der Waals surface area contributed by atoms with E-state index in [-0.39, 0.29) is 42.7 Å². The fourth-order valence-corrected chi connectivity index (χ4v) is 3.88. The minimum absolute atomic E-state index is 0.110. The van der Waals surface area contributed by atoms with E-state index in [4.69, 9.17) is 9.47 Å². The molecule has 0 saturated carbocycles. The fraction of sp³-hybridized carbons (Fsp3) is 0.214. The maximum Gasteiger partial charge on any atom is 0.338 e. The third-order valence-electron chi connectivity index (χ3n) is 5.77. The van der Waals surface area contributed by atoms with E-state index in [1.807, 2.05) is 6.92 Å². The number of amides is 2. The highest BCUT2D eigenvalue weighted by atomic mass is 16.5. The number of ketones is 1. The van der Waals surface area contributed by atoms with Crippen LogP contribution in [0.1, 0.15) is 34.1 Å². The topological polar surface area (TPSA) is 102 Å². The van der Waals surface area contributed by atoms with Crippen LogP contribution in [0.15, 0.2) is 78.9 Å². The molecule has 2 amide bonds. The minimum atomic E-state index is -0.635. The van der Waals surface area contributed by atoms with E-state index in [9.17, 15) is 19.2 Å². The number of Topliss-reactive ketones (excluding diaryl/α,β-unsaturated/α-hetero) is 1. The van der Waals surface area contributed by atoms with Crippen molar-refractivity contribution in [1.82, 2.24) is 0 Å². The molecule has 0 bridgehead atoms. The van der Waals surface area contributed by atoms with Gasteiger partial charge >= 0.3 is 5.97 Å². The van der Waals surface area contributed by atoms with Gasteiger partial charge in [0.25, 0.3) is 0 Å². The molecule has 0 aliphatic carbocycles. The molecule has 3 aromatic rings. The zero-order valence-electron chi connectivity index (χ0n) is 19.8. The number of hydrogen-bond acceptors (Lipinski definition) is 6. The molecule has 1 saturated heterocycles. The van der Waals surface area contributed by atoms with E-state index >= 15 is 0 Å². The van der Waals surface area contributed by atoms with Crippen LogP contribution in [0.5, 0.6) is 5.75 Å². The van der Waals surface area contributed by atoms with Crippen LogP contribution in [-0.2, 0) is 14.3 Å². The SMILES string of the molecule is CCOc1ccc(N2C[C@@H](C(=O)Nc3ccc(C(=O)OCC(=O)c4ccccc4)cc3)CC2=O)cc1. The lowest BCUT2D eigenvalue weighted by Crippen LogP contribution is -2.28. The molecule has 1 fully saturated rings. The Labute approximate surface area is 208 Å². The highest BCUT2D eigenvalue weighted by Gasteiger charge is 2.35. The number of hydrogen-bond donors (Lipinski definition) is 1. The number of ether oxygens (including phenoxy) is 2. The summed E-state index contributed by atoms with van der Waals surface area (Å²) in [5, 5.41) is 2.80. The molecule has 8 nitrogen and oxygen atoms in total. The van der Waals surface area contributed by atoms with E-state index in [1.165, 1.54) is 12.1 Å². The molecule has 3 aromatic carbocycles. The first kappa shape index (κ1) is 24.7. The molecule has 1 atom stereocenters. The molecule has 0 unspecified atom stereocenters. The summed E-state index contributed by atoms with van der Waals surface area (Å²) in [6.07, 6.45) is 0.110. The van der Waals surface area contributed by atoms with Crippen LogP contribution in [0.3, 0.4) is 0 Å². The molecule has 0 aromatic heterocycles. The smallest absolute Gasteiger partial charge is 0.338 e. The van der Waals surface area contributed by atoms with Gasteiger partial charge in [0.1, 0.15) is 5.75 Å². The molecular formula is C28H26N2O6. The summed E-state index contributed by atoms with van der Waals surface area (Å²) in [6, 6.07) is 22.0. The van der Waals surface area contributed by atoms with Crippen LogP contribution in [0.2, 0.25) is 0 Å². The van der Waals surface area contributed by atoms with E-state index < -0.39 is 11.9 Å². The normalized spacial score (nSPS) is 14.9. The lowest BCUT2D eigenvalue weighted by molar-refractivity contribution is -0.122. The Morgan fingerprint density at radius 3 is 2.28 bits per heavy atom. The van der Waals surface area contributed by atoms with Crippen molar-refractivity contribution in [3.63, 3.8) is 0 Å². The van der Waals surface area contributed by atoms with Gasteiger partial charge in [-0.2, -0.15) is 0 Å². The van der Waals surface area contributed by atoms with Crippen LogP contribution in [-0.4, -0.2) is 43.3 Å². The number of carbonyl (C=O) groups excluding carboxylic acids is 4. The zero-order chi connectivity index (χ0) is 25.5. The van der Waals surface area contributed by atoms with Gasteiger partial charge in [0.2, 0.25) is 11.8 Å². The lowest BCUT2D eigenvalue weighted by Gasteiger charge is -2.17. The van der Waals surface area contributed by atoms with Crippen molar-refractivity contribution in [1.29, 1.82) is 0 Å². The average Bonchev–Trinajstić information content (AvgIpc) is 3.30. The van der Waals surface area contributed by atoms with Crippen LogP contribution >= 0.6 is 0 Å². The van der Waals surface area contributed by atoms with E-state index in [0.29, 0.717) is 23.5 Å². The molecule has 36 heavy (non-hydrogen) atoms. The highest BCUT2D eigenvalue weighted by molar-refractivity contribution is 6.04. The Kier molecular flexibility index (Phi) is 7.75. The molecule has 8 heteroatoms. The van der Waals surface area contributed by atoms with Crippen molar-refractivity contribution >= 4 is 34.9 Å². The van der Waals surface area contributed by atoms with Gasteiger partial charge in [-0.25, -0.2) is 4.79 Å². The van der Waals surface area contributed by atoms with Crippen LogP contribution in [0.4, 0.5) is 11.4 Å². The van der Waals surface area contributed by atoms with Gasteiger partial charge in [-0.1, -0.05) is 30.3 Å². The number of rotatable bonds is 9. The average molecular weight is 487 g/mol. The summed E-state index contributed by atoms with van der Waals surface area (Å²) in [6.45, 7) is 2.37. The summed E-state index contributed by atoms with van der Waals surface area (Å²) in [5.41, 5.74) is 1.93. The number of anilines is 2. The number of benzene rings is 3. The Morgan fingerprint density at radius 1 is 0.917 bits per heavy atom. The van der Waals surface area contributed by atoms with Crippen LogP contribution in [0, 0.1) is 5.92 Å². The molecular weight excluding hydrogens is 460 g/mol. The van der Waals surface area contributed by atoms with Gasteiger partial charge in [0.05, 0.1) is 18.1 Å². The van der Waals surface area contributed by atoms with Crippen LogP contribution in [0.25, 0.3) is 0 Å². The molecule has 184 valence electrons. The third-order valence-corrected chi connectivity index (χ3v) is 5.77. The van der Waals surface area contributed by atoms with Crippen molar-refractivity contribution in [2.24, 2.45) is 5.92 Å². The summed E-state index contributed by atoms with van der Waals surface area (Å²) in [4.78, 5) is 51.3. The molecule has 0 radical (unpaired) electrons. The molecule has 0 spiro atoms. The summed E-state index contributed by atoms with van der Waals surface area (Å²) < 4.78 is 10.5. The van der Waals surface area contributed by atoms with E-state index in [1.54, 1.807) is 71.6 Å². The Hall–Kier alpha value is -4.46. The summed E-state index contributed by atoms with van der Waals surface area (Å²) >= 11 is 0. The predicted octanol–water partition coefficient (Wildman–Crippen LogP) is 4.12. The predicted molar refractivity (Wildman–Crippen MR) is 134 cm³/mol. The first-order valence-corrected chi connectivity index (χ1v) is 11.6. The Morgan fingerprint density at radius 2 is 1.61 bits per heavy atom. The highest BCUT2D eigenvalue weighted by Crippen LogP contribution is 2.27. The van der Waals surface area contributed by atoms with Crippen molar-refractivity contribution in [2.45, 2.75) is 13.3 Å². The number of nitrogens with zero attached hydrogens (tertiary/aromatic N) is 1. The summed E-state index contributed by atoms with van der Waals surface area (Å²) in [7, 11) is 0. The number of esters is 1. The summed E-state index contributed by atoms with van der Waals surface area (Å²) in [5.74, 6) is -1.11. The second kappa shape index (κ2) is 11.3. The standard InChI is InChI=1S/C28H26N2O6/c1-2-35-24-14-12-23(13-15-24)30-17-21(16-26(30)32)27(33)29-22-10-8-20(9-11-22)28(34)36-18-25(31)19-6-4-3-5-7-19/h3-15,21H,2,16-18H2,1H3,(H,29,33)/t21-/m0/s1. The fourth-order valence-electron chi connectivity index (χ4n) is 3.88. The molecule has 1 heterocycles. The van der Waals surface area contributed by atoms with Gasteiger partial charge in [-0.3, -0.25) is 14.4 Å². The Balaban J connectivity index is 1.29. The monoisotopic (exact) mass is 486 g/mol. The quantitative estimate of drug-likeness (QED) is 0.361. The zero-order valence-corrected chi connectivity index (χ0v) is 19.8. The van der Waals surface area contributed by atoms with E-state index in [2.05, 4.69) is 5.32 Å². The van der Waals surface area contributed by atoms with Gasteiger partial charge in [-0.05, 0) is 55.5 Å². The van der Waals surface area contributed by atoms with Gasteiger partial charge in [0, 0.05) is 29.9 Å².